The van der Waals surface area contributed by atoms with E-state index in [0.717, 1.165) is 66.3 Å². The van der Waals surface area contributed by atoms with Gasteiger partial charge in [0, 0.05) is 38.4 Å². The Hall–Kier alpha value is -6.91. The van der Waals surface area contributed by atoms with Crippen LogP contribution in [0.3, 0.4) is 0 Å². The zero-order valence-electron chi connectivity index (χ0n) is 27.5. The van der Waals surface area contributed by atoms with Gasteiger partial charge in [-0.25, -0.2) is 15.0 Å². The zero-order valence-corrected chi connectivity index (χ0v) is 27.5. The van der Waals surface area contributed by atoms with Crippen LogP contribution in [0.4, 0.5) is 0 Å². The van der Waals surface area contributed by atoms with Crippen molar-refractivity contribution in [3.05, 3.63) is 176 Å². The van der Waals surface area contributed by atoms with Gasteiger partial charge in [-0.2, -0.15) is 0 Å². The molecule has 0 amide bonds. The van der Waals surface area contributed by atoms with E-state index in [1.54, 1.807) is 0 Å². The number of rotatable bonds is 5. The molecule has 0 N–H and O–H groups in total. The number of benzene rings is 8. The molecule has 4 nitrogen and oxygen atoms in total. The van der Waals surface area contributed by atoms with Crippen molar-refractivity contribution < 1.29 is 4.42 Å². The number of nitrogens with zero attached hydrogens (tertiary/aromatic N) is 3. The van der Waals surface area contributed by atoms with Crippen molar-refractivity contribution in [2.45, 2.75) is 0 Å². The molecule has 0 aliphatic heterocycles. The van der Waals surface area contributed by atoms with E-state index in [2.05, 4.69) is 115 Å². The highest BCUT2D eigenvalue weighted by Crippen LogP contribution is 2.43. The molecule has 0 radical (unpaired) electrons. The molecule has 0 spiro atoms. The maximum absolute atomic E-state index is 6.85. The lowest BCUT2D eigenvalue weighted by Crippen LogP contribution is -2.00. The van der Waals surface area contributed by atoms with E-state index in [0.29, 0.717) is 17.5 Å². The fourth-order valence-electron chi connectivity index (χ4n) is 7.30. The first kappa shape index (κ1) is 29.0. The number of aromatic nitrogens is 3. The van der Waals surface area contributed by atoms with E-state index < -0.39 is 0 Å². The SMILES string of the molecule is c1ccc(-c2nc(-c3ccccc3)nc(-c3cccc(-c4cccc(-c5cccc6c5oc5c7ccccc7c7ccccc7c65)c4)c3)n2)cc1. The predicted octanol–water partition coefficient (Wildman–Crippen LogP) is 12.4. The lowest BCUT2D eigenvalue weighted by molar-refractivity contribution is 0.674. The van der Waals surface area contributed by atoms with Gasteiger partial charge in [0.1, 0.15) is 11.2 Å². The highest BCUT2D eigenvalue weighted by Gasteiger charge is 2.18. The minimum Gasteiger partial charge on any atom is -0.455 e. The Kier molecular flexibility index (Phi) is 6.78. The molecule has 10 rings (SSSR count). The van der Waals surface area contributed by atoms with Gasteiger partial charge in [-0.1, -0.05) is 164 Å². The van der Waals surface area contributed by atoms with E-state index in [1.165, 1.54) is 16.2 Å². The molecule has 0 atom stereocenters. The Bertz CT molecular complexity index is 2860. The van der Waals surface area contributed by atoms with Gasteiger partial charge >= 0.3 is 0 Å². The molecule has 8 aromatic carbocycles. The second-order valence-electron chi connectivity index (χ2n) is 12.8. The molecular weight excluding hydrogens is 623 g/mol. The second kappa shape index (κ2) is 11.9. The molecule has 4 heteroatoms. The van der Waals surface area contributed by atoms with Gasteiger partial charge in [0.05, 0.1) is 0 Å². The number of hydrogen-bond donors (Lipinski definition) is 0. The summed E-state index contributed by atoms with van der Waals surface area (Å²) in [6.07, 6.45) is 0. The van der Waals surface area contributed by atoms with Gasteiger partial charge in [-0.3, -0.25) is 0 Å². The van der Waals surface area contributed by atoms with E-state index in [4.69, 9.17) is 19.4 Å². The molecule has 0 unspecified atom stereocenters. The minimum absolute atomic E-state index is 0.632. The quantitative estimate of drug-likeness (QED) is 0.174. The van der Waals surface area contributed by atoms with E-state index >= 15 is 0 Å². The van der Waals surface area contributed by atoms with Crippen molar-refractivity contribution in [2.75, 3.05) is 0 Å². The number of para-hydroxylation sites is 1. The van der Waals surface area contributed by atoms with Crippen molar-refractivity contribution in [3.8, 4) is 56.4 Å². The van der Waals surface area contributed by atoms with Gasteiger partial charge < -0.3 is 4.42 Å². The summed E-state index contributed by atoms with van der Waals surface area (Å²) in [6, 6.07) is 60.9. The molecule has 0 saturated heterocycles. The standard InChI is InChI=1S/C47H29N3O/c1-3-14-30(15-4-1)45-48-46(31-16-5-2-6-17-31)50-47(49-45)35-21-12-19-33(29-35)32-18-11-20-34(28-32)36-26-13-27-41-42-39-24-9-7-22-37(39)38-23-8-10-25-40(38)44(42)51-43(36)41/h1-29H. The summed E-state index contributed by atoms with van der Waals surface area (Å²) in [6.45, 7) is 0. The summed E-state index contributed by atoms with van der Waals surface area (Å²) in [4.78, 5) is 14.8. The monoisotopic (exact) mass is 651 g/mol. The Morgan fingerprint density at radius 2 is 0.725 bits per heavy atom. The molecule has 0 bridgehead atoms. The maximum Gasteiger partial charge on any atom is 0.164 e. The third kappa shape index (κ3) is 4.96. The summed E-state index contributed by atoms with van der Waals surface area (Å²) in [7, 11) is 0. The summed E-state index contributed by atoms with van der Waals surface area (Å²) >= 11 is 0. The first-order valence-electron chi connectivity index (χ1n) is 17.1. The molecule has 238 valence electrons. The third-order valence-corrected chi connectivity index (χ3v) is 9.70. The van der Waals surface area contributed by atoms with Gasteiger partial charge in [-0.05, 0) is 45.0 Å². The van der Waals surface area contributed by atoms with Crippen molar-refractivity contribution in [3.63, 3.8) is 0 Å². The molecule has 10 aromatic rings. The van der Waals surface area contributed by atoms with Crippen LogP contribution in [0.5, 0.6) is 0 Å². The van der Waals surface area contributed by atoms with Crippen LogP contribution in [-0.2, 0) is 0 Å². The molecule has 2 heterocycles. The summed E-state index contributed by atoms with van der Waals surface area (Å²) in [5.41, 5.74) is 8.97. The number of furan rings is 1. The average Bonchev–Trinajstić information content (AvgIpc) is 3.62. The van der Waals surface area contributed by atoms with Crippen LogP contribution in [-0.4, -0.2) is 15.0 Å². The first-order chi connectivity index (χ1) is 25.3. The Morgan fingerprint density at radius 3 is 1.37 bits per heavy atom. The Morgan fingerprint density at radius 1 is 0.294 bits per heavy atom. The molecule has 51 heavy (non-hydrogen) atoms. The second-order valence-corrected chi connectivity index (χ2v) is 12.8. The van der Waals surface area contributed by atoms with E-state index in [9.17, 15) is 0 Å². The highest BCUT2D eigenvalue weighted by molar-refractivity contribution is 6.30. The molecule has 0 fully saturated rings. The summed E-state index contributed by atoms with van der Waals surface area (Å²) in [5.74, 6) is 1.92. The van der Waals surface area contributed by atoms with E-state index in [1.807, 2.05) is 60.7 Å². The zero-order chi connectivity index (χ0) is 33.7. The van der Waals surface area contributed by atoms with Crippen LogP contribution in [0.15, 0.2) is 180 Å². The summed E-state index contributed by atoms with van der Waals surface area (Å²) in [5, 5.41) is 7.05. The average molecular weight is 652 g/mol. The maximum atomic E-state index is 6.85. The lowest BCUT2D eigenvalue weighted by Gasteiger charge is -2.10. The molecule has 2 aromatic heterocycles. The summed E-state index contributed by atoms with van der Waals surface area (Å²) < 4.78 is 6.85. The molecule has 0 saturated carbocycles. The van der Waals surface area contributed by atoms with Crippen LogP contribution >= 0.6 is 0 Å². The van der Waals surface area contributed by atoms with Crippen molar-refractivity contribution in [1.82, 2.24) is 15.0 Å². The smallest absolute Gasteiger partial charge is 0.164 e. The van der Waals surface area contributed by atoms with Crippen molar-refractivity contribution in [2.24, 2.45) is 0 Å². The number of fused-ring (bicyclic) bond motifs is 8. The van der Waals surface area contributed by atoms with Gasteiger partial charge in [-0.15, -0.1) is 0 Å². The van der Waals surface area contributed by atoms with Crippen LogP contribution in [0.1, 0.15) is 0 Å². The number of hydrogen-bond acceptors (Lipinski definition) is 4. The first-order valence-corrected chi connectivity index (χ1v) is 17.1. The normalized spacial score (nSPS) is 11.5. The minimum atomic E-state index is 0.632. The van der Waals surface area contributed by atoms with Gasteiger partial charge in [0.25, 0.3) is 0 Å². The largest absolute Gasteiger partial charge is 0.455 e. The third-order valence-electron chi connectivity index (χ3n) is 9.70. The van der Waals surface area contributed by atoms with Crippen LogP contribution in [0.2, 0.25) is 0 Å². The molecular formula is C47H29N3O. The van der Waals surface area contributed by atoms with Crippen LogP contribution in [0.25, 0.3) is 99.9 Å². The Labute approximate surface area is 294 Å². The fraction of sp³-hybridized carbons (Fsp3) is 0. The van der Waals surface area contributed by atoms with Crippen LogP contribution in [0, 0.1) is 0 Å². The van der Waals surface area contributed by atoms with Gasteiger partial charge in [0.15, 0.2) is 17.5 Å². The van der Waals surface area contributed by atoms with Crippen molar-refractivity contribution >= 4 is 43.5 Å². The fourth-order valence-corrected chi connectivity index (χ4v) is 7.30. The predicted molar refractivity (Wildman–Crippen MR) is 209 cm³/mol. The van der Waals surface area contributed by atoms with E-state index in [-0.39, 0.29) is 0 Å². The lowest BCUT2D eigenvalue weighted by atomic mass is 9.95. The van der Waals surface area contributed by atoms with Crippen molar-refractivity contribution in [1.29, 1.82) is 0 Å². The topological polar surface area (TPSA) is 51.8 Å². The molecule has 0 aliphatic rings. The Balaban J connectivity index is 1.10. The molecule has 0 aliphatic carbocycles. The van der Waals surface area contributed by atoms with Gasteiger partial charge in [0.2, 0.25) is 0 Å². The highest BCUT2D eigenvalue weighted by atomic mass is 16.3. The van der Waals surface area contributed by atoms with Crippen LogP contribution < -0.4 is 0 Å².